The van der Waals surface area contributed by atoms with Crippen molar-refractivity contribution in [3.63, 3.8) is 0 Å². The second kappa shape index (κ2) is 10.2. The van der Waals surface area contributed by atoms with Gasteiger partial charge in [0.05, 0.1) is 29.6 Å². The van der Waals surface area contributed by atoms with Gasteiger partial charge in [-0.1, -0.05) is 58.4 Å². The van der Waals surface area contributed by atoms with Crippen molar-refractivity contribution in [2.45, 2.75) is 30.8 Å². The summed E-state index contributed by atoms with van der Waals surface area (Å²) in [6.07, 6.45) is 2.21. The molecule has 0 aliphatic rings. The number of nitrogens with zero attached hydrogens (tertiary/aromatic N) is 5. The first-order valence-corrected chi connectivity index (χ1v) is 11.7. The van der Waals surface area contributed by atoms with Crippen molar-refractivity contribution >= 4 is 35.0 Å². The summed E-state index contributed by atoms with van der Waals surface area (Å²) in [5.41, 5.74) is 4.09. The Morgan fingerprint density at radius 2 is 1.88 bits per heavy atom. The molecule has 0 fully saturated rings. The van der Waals surface area contributed by atoms with E-state index in [-0.39, 0.29) is 5.56 Å². The highest BCUT2D eigenvalue weighted by atomic mass is 35.5. The van der Waals surface area contributed by atoms with E-state index < -0.39 is 0 Å². The number of hydrogen-bond donors (Lipinski definition) is 1. The van der Waals surface area contributed by atoms with E-state index in [1.165, 1.54) is 11.8 Å². The van der Waals surface area contributed by atoms with Crippen LogP contribution in [0.25, 0.3) is 0 Å². The maximum atomic E-state index is 12.5. The quantitative estimate of drug-likeness (QED) is 0.291. The number of hydrogen-bond acceptors (Lipinski definition) is 6. The average Bonchev–Trinajstić information content (AvgIpc) is 3.25. The molecule has 4 aromatic rings. The van der Waals surface area contributed by atoms with Crippen LogP contribution in [0.1, 0.15) is 33.6 Å². The predicted molar refractivity (Wildman–Crippen MR) is 129 cm³/mol. The lowest BCUT2D eigenvalue weighted by Crippen LogP contribution is -2.16. The van der Waals surface area contributed by atoms with E-state index in [4.69, 9.17) is 28.5 Å². The Morgan fingerprint density at radius 3 is 2.58 bits per heavy atom. The number of H-pyrrole nitrogens is 1. The largest absolute Gasteiger partial charge is 0.301 e. The number of nitrogens with one attached hydrogen (secondary N) is 1. The van der Waals surface area contributed by atoms with Gasteiger partial charge in [0.2, 0.25) is 0 Å². The Hall–Kier alpha value is -3.12. The number of benzene rings is 2. The van der Waals surface area contributed by atoms with Crippen molar-refractivity contribution in [2.75, 3.05) is 0 Å². The van der Waals surface area contributed by atoms with Crippen LogP contribution in [0.2, 0.25) is 10.0 Å². The van der Waals surface area contributed by atoms with Gasteiger partial charge in [-0.2, -0.15) is 5.26 Å². The summed E-state index contributed by atoms with van der Waals surface area (Å²) >= 11 is 14.0. The van der Waals surface area contributed by atoms with Crippen LogP contribution >= 0.6 is 35.0 Å². The van der Waals surface area contributed by atoms with Gasteiger partial charge in [0.15, 0.2) is 5.16 Å². The van der Waals surface area contributed by atoms with Crippen LogP contribution in [0, 0.1) is 18.3 Å². The molecule has 0 amide bonds. The standard InChI is InChI=1S/C23H18Cl2N6OS/c1-14-21(9-18-19(24)3-2-4-20(18)25)27-23(28-22(14)32)33-13-17-12-31(30-29-17)11-16-7-5-15(10-26)6-8-16/h2-8,12H,9,11,13H2,1H3,(H,27,28,32). The number of aromatic nitrogens is 5. The molecule has 0 aliphatic carbocycles. The molecule has 7 nitrogen and oxygen atoms in total. The summed E-state index contributed by atoms with van der Waals surface area (Å²) in [6, 6.07) is 14.7. The minimum atomic E-state index is -0.199. The number of halogens is 2. The molecule has 0 spiro atoms. The molecular formula is C23H18Cl2N6OS. The molecule has 2 aromatic carbocycles. The molecule has 0 saturated carbocycles. The van der Waals surface area contributed by atoms with Crippen molar-refractivity contribution in [1.82, 2.24) is 25.0 Å². The van der Waals surface area contributed by atoms with E-state index in [1.807, 2.05) is 18.3 Å². The van der Waals surface area contributed by atoms with E-state index >= 15 is 0 Å². The first kappa shape index (κ1) is 23.1. The number of rotatable bonds is 7. The zero-order valence-corrected chi connectivity index (χ0v) is 19.9. The van der Waals surface area contributed by atoms with Gasteiger partial charge in [0, 0.05) is 34.0 Å². The molecule has 0 atom stereocenters. The first-order valence-electron chi connectivity index (χ1n) is 9.96. The molecule has 2 heterocycles. The van der Waals surface area contributed by atoms with Crippen LogP contribution in [0.3, 0.4) is 0 Å². The zero-order valence-electron chi connectivity index (χ0n) is 17.5. The highest BCUT2D eigenvalue weighted by molar-refractivity contribution is 7.98. The van der Waals surface area contributed by atoms with Crippen LogP contribution in [-0.4, -0.2) is 25.0 Å². The number of aromatic amines is 1. The third-order valence-electron chi connectivity index (χ3n) is 5.01. The Morgan fingerprint density at radius 1 is 1.15 bits per heavy atom. The molecular weight excluding hydrogens is 479 g/mol. The van der Waals surface area contributed by atoms with Gasteiger partial charge in [-0.3, -0.25) is 4.79 Å². The molecule has 1 N–H and O–H groups in total. The fraction of sp³-hybridized carbons (Fsp3) is 0.174. The van der Waals surface area contributed by atoms with Crippen LogP contribution in [0.4, 0.5) is 0 Å². The molecule has 4 rings (SSSR count). The summed E-state index contributed by atoms with van der Waals surface area (Å²) in [5.74, 6) is 0.492. The SMILES string of the molecule is Cc1c(Cc2c(Cl)cccc2Cl)nc(SCc2cn(Cc3ccc(C#N)cc3)nn2)[nH]c1=O. The smallest absolute Gasteiger partial charge is 0.254 e. The van der Waals surface area contributed by atoms with Crippen molar-refractivity contribution in [1.29, 1.82) is 5.26 Å². The molecule has 166 valence electrons. The maximum Gasteiger partial charge on any atom is 0.254 e. The Labute approximate surface area is 204 Å². The molecule has 33 heavy (non-hydrogen) atoms. The van der Waals surface area contributed by atoms with Gasteiger partial charge in [-0.15, -0.1) is 5.10 Å². The van der Waals surface area contributed by atoms with E-state index in [1.54, 1.807) is 41.9 Å². The molecule has 0 radical (unpaired) electrons. The van der Waals surface area contributed by atoms with Crippen LogP contribution < -0.4 is 5.56 Å². The normalized spacial score (nSPS) is 10.8. The Kier molecular flexibility index (Phi) is 7.14. The molecule has 0 aliphatic heterocycles. The number of nitriles is 1. The molecule has 0 saturated heterocycles. The van der Waals surface area contributed by atoms with Crippen LogP contribution in [-0.2, 0) is 18.7 Å². The maximum absolute atomic E-state index is 12.5. The monoisotopic (exact) mass is 496 g/mol. The highest BCUT2D eigenvalue weighted by Crippen LogP contribution is 2.27. The van der Waals surface area contributed by atoms with E-state index in [9.17, 15) is 4.79 Å². The minimum absolute atomic E-state index is 0.199. The summed E-state index contributed by atoms with van der Waals surface area (Å²) in [6.45, 7) is 2.28. The fourth-order valence-corrected chi connectivity index (χ4v) is 4.45. The molecule has 2 aromatic heterocycles. The number of thioether (sulfide) groups is 1. The van der Waals surface area contributed by atoms with E-state index in [0.717, 1.165) is 16.8 Å². The van der Waals surface area contributed by atoms with Gasteiger partial charge >= 0.3 is 0 Å². The Balaban J connectivity index is 1.45. The average molecular weight is 497 g/mol. The highest BCUT2D eigenvalue weighted by Gasteiger charge is 2.14. The van der Waals surface area contributed by atoms with Crippen molar-refractivity contribution in [3.8, 4) is 6.07 Å². The minimum Gasteiger partial charge on any atom is -0.301 e. The van der Waals surface area contributed by atoms with Crippen LogP contribution in [0.5, 0.6) is 0 Å². The first-order chi connectivity index (χ1) is 15.9. The Bertz CT molecular complexity index is 1370. The van der Waals surface area contributed by atoms with Gasteiger partial charge in [-0.05, 0) is 42.3 Å². The van der Waals surface area contributed by atoms with Gasteiger partial charge < -0.3 is 4.98 Å². The summed E-state index contributed by atoms with van der Waals surface area (Å²) in [4.78, 5) is 19.9. The van der Waals surface area contributed by atoms with Gasteiger partial charge in [0.25, 0.3) is 5.56 Å². The fourth-order valence-electron chi connectivity index (χ4n) is 3.16. The van der Waals surface area contributed by atoms with E-state index in [0.29, 0.717) is 50.7 Å². The lowest BCUT2D eigenvalue weighted by Gasteiger charge is -2.10. The lowest BCUT2D eigenvalue weighted by molar-refractivity contribution is 0.649. The van der Waals surface area contributed by atoms with Crippen molar-refractivity contribution in [2.24, 2.45) is 0 Å². The third kappa shape index (κ3) is 5.63. The lowest BCUT2D eigenvalue weighted by atomic mass is 10.1. The summed E-state index contributed by atoms with van der Waals surface area (Å²) in [5, 5.41) is 18.8. The topological polar surface area (TPSA) is 100 Å². The molecule has 10 heteroatoms. The van der Waals surface area contributed by atoms with Crippen LogP contribution in [0.15, 0.2) is 58.6 Å². The van der Waals surface area contributed by atoms with E-state index in [2.05, 4.69) is 26.3 Å². The zero-order chi connectivity index (χ0) is 23.4. The second-order valence-electron chi connectivity index (χ2n) is 7.32. The van der Waals surface area contributed by atoms with Crippen molar-refractivity contribution < 1.29 is 0 Å². The predicted octanol–water partition coefficient (Wildman–Crippen LogP) is 4.78. The molecule has 0 unspecified atom stereocenters. The third-order valence-corrected chi connectivity index (χ3v) is 6.62. The van der Waals surface area contributed by atoms with Crippen molar-refractivity contribution in [3.05, 3.63) is 103 Å². The van der Waals surface area contributed by atoms with Gasteiger partial charge in [-0.25, -0.2) is 9.67 Å². The summed E-state index contributed by atoms with van der Waals surface area (Å²) < 4.78 is 1.73. The van der Waals surface area contributed by atoms with Gasteiger partial charge in [0.1, 0.15) is 0 Å². The summed E-state index contributed by atoms with van der Waals surface area (Å²) in [7, 11) is 0. The molecule has 0 bridgehead atoms. The second-order valence-corrected chi connectivity index (χ2v) is 9.10.